The third kappa shape index (κ3) is 3.11. The molecule has 0 atom stereocenters. The van der Waals surface area contributed by atoms with E-state index >= 15 is 0 Å². The van der Waals surface area contributed by atoms with Crippen LogP contribution in [0.1, 0.15) is 25.6 Å². The highest BCUT2D eigenvalue weighted by Gasteiger charge is 2.12. The van der Waals surface area contributed by atoms with E-state index in [1.165, 1.54) is 0 Å². The van der Waals surface area contributed by atoms with Gasteiger partial charge in [0.25, 0.3) is 0 Å². The Hall–Kier alpha value is -2.62. The molecule has 1 N–H and O–H groups in total. The Kier molecular flexibility index (Phi) is 4.15. The minimum Gasteiger partial charge on any atom is -0.508 e. The van der Waals surface area contributed by atoms with Crippen LogP contribution in [0.25, 0.3) is 10.9 Å². The van der Waals surface area contributed by atoms with Crippen molar-refractivity contribution in [3.8, 4) is 17.2 Å². The van der Waals surface area contributed by atoms with E-state index in [-0.39, 0.29) is 11.8 Å². The van der Waals surface area contributed by atoms with E-state index in [2.05, 4.69) is 24.5 Å². The molecule has 0 spiro atoms. The second-order valence-electron chi connectivity index (χ2n) is 5.81. The summed E-state index contributed by atoms with van der Waals surface area (Å²) in [5, 5.41) is 10.8. The highest BCUT2D eigenvalue weighted by atomic mass is 16.5. The van der Waals surface area contributed by atoms with Gasteiger partial charge in [0.15, 0.2) is 0 Å². The predicted molar refractivity (Wildman–Crippen MR) is 91.3 cm³/mol. The normalized spacial score (nSPS) is 11.1. The summed E-state index contributed by atoms with van der Waals surface area (Å²) in [7, 11) is 1.65. The third-order valence-corrected chi connectivity index (χ3v) is 3.87. The third-order valence-electron chi connectivity index (χ3n) is 3.87. The highest BCUT2D eigenvalue weighted by molar-refractivity contribution is 5.82. The van der Waals surface area contributed by atoms with Crippen LogP contribution in [-0.2, 0) is 6.61 Å². The van der Waals surface area contributed by atoms with Crippen molar-refractivity contribution in [2.45, 2.75) is 26.5 Å². The molecule has 2 aromatic carbocycles. The molecule has 0 saturated carbocycles. The second-order valence-corrected chi connectivity index (χ2v) is 5.81. The van der Waals surface area contributed by atoms with Crippen LogP contribution >= 0.6 is 0 Å². The molecule has 0 saturated heterocycles. The average molecular weight is 311 g/mol. The summed E-state index contributed by atoms with van der Waals surface area (Å²) in [5.74, 6) is 1.89. The first kappa shape index (κ1) is 15.3. The van der Waals surface area contributed by atoms with E-state index in [9.17, 15) is 5.11 Å². The molecular formula is C19H21NO3. The van der Waals surface area contributed by atoms with E-state index in [1.54, 1.807) is 19.2 Å². The summed E-state index contributed by atoms with van der Waals surface area (Å²) < 4.78 is 13.2. The molecule has 1 aromatic heterocycles. The van der Waals surface area contributed by atoms with Gasteiger partial charge in [-0.15, -0.1) is 0 Å². The van der Waals surface area contributed by atoms with Gasteiger partial charge in [-0.1, -0.05) is 0 Å². The zero-order valence-electron chi connectivity index (χ0n) is 13.6. The van der Waals surface area contributed by atoms with Crippen LogP contribution in [0.15, 0.2) is 48.5 Å². The first-order valence-electron chi connectivity index (χ1n) is 7.68. The topological polar surface area (TPSA) is 43.6 Å². The number of benzene rings is 2. The molecule has 0 aliphatic carbocycles. The van der Waals surface area contributed by atoms with Gasteiger partial charge in [-0.05, 0) is 56.3 Å². The van der Waals surface area contributed by atoms with E-state index < -0.39 is 0 Å². The van der Waals surface area contributed by atoms with Crippen molar-refractivity contribution < 1.29 is 14.6 Å². The fourth-order valence-electron chi connectivity index (χ4n) is 2.82. The molecule has 0 aliphatic rings. The van der Waals surface area contributed by atoms with E-state index in [1.807, 2.05) is 30.3 Å². The van der Waals surface area contributed by atoms with Gasteiger partial charge < -0.3 is 19.1 Å². The number of methoxy groups -OCH3 is 1. The Morgan fingerprint density at radius 2 is 1.70 bits per heavy atom. The molecule has 4 heteroatoms. The summed E-state index contributed by atoms with van der Waals surface area (Å²) in [6.45, 7) is 4.72. The number of hydrogen-bond acceptors (Lipinski definition) is 3. The quantitative estimate of drug-likeness (QED) is 0.753. The summed E-state index contributed by atoms with van der Waals surface area (Å²) in [6.07, 6.45) is 0. The number of aromatic hydroxyl groups is 1. The van der Waals surface area contributed by atoms with Gasteiger partial charge in [-0.2, -0.15) is 0 Å². The maximum atomic E-state index is 9.75. The second kappa shape index (κ2) is 6.24. The van der Waals surface area contributed by atoms with Gasteiger partial charge in [0, 0.05) is 17.5 Å². The van der Waals surface area contributed by atoms with Crippen molar-refractivity contribution in [3.63, 3.8) is 0 Å². The Morgan fingerprint density at radius 1 is 1.00 bits per heavy atom. The average Bonchev–Trinajstić information content (AvgIpc) is 2.91. The van der Waals surface area contributed by atoms with E-state index in [4.69, 9.17) is 9.47 Å². The summed E-state index contributed by atoms with van der Waals surface area (Å²) >= 11 is 0. The molecular weight excluding hydrogens is 290 g/mol. The first-order valence-corrected chi connectivity index (χ1v) is 7.68. The Labute approximate surface area is 135 Å². The SMILES string of the molecule is COc1ccc(OCc2cc3ccc(O)cc3n2C(C)C)cc1. The fraction of sp³-hybridized carbons (Fsp3) is 0.263. The minimum atomic E-state index is 0.278. The van der Waals surface area contributed by atoms with Gasteiger partial charge in [0.2, 0.25) is 0 Å². The summed E-state index contributed by atoms with van der Waals surface area (Å²) in [6, 6.07) is 15.4. The molecule has 3 aromatic rings. The molecule has 1 heterocycles. The van der Waals surface area contributed by atoms with Crippen molar-refractivity contribution in [3.05, 3.63) is 54.2 Å². The van der Waals surface area contributed by atoms with Crippen LogP contribution in [-0.4, -0.2) is 16.8 Å². The number of phenolic OH excluding ortho intramolecular Hbond substituents is 1. The van der Waals surface area contributed by atoms with Crippen LogP contribution in [0.4, 0.5) is 0 Å². The number of nitrogens with zero attached hydrogens (tertiary/aromatic N) is 1. The maximum Gasteiger partial charge on any atom is 0.128 e. The van der Waals surface area contributed by atoms with Gasteiger partial charge in [-0.25, -0.2) is 0 Å². The lowest BCUT2D eigenvalue weighted by Crippen LogP contribution is -2.08. The number of phenols is 1. The lowest BCUT2D eigenvalue weighted by atomic mass is 10.2. The van der Waals surface area contributed by atoms with Gasteiger partial charge in [0.05, 0.1) is 18.3 Å². The van der Waals surface area contributed by atoms with Crippen LogP contribution in [0.2, 0.25) is 0 Å². The Morgan fingerprint density at radius 3 is 2.35 bits per heavy atom. The van der Waals surface area contributed by atoms with Crippen LogP contribution in [0, 0.1) is 0 Å². The number of rotatable bonds is 5. The first-order chi connectivity index (χ1) is 11.1. The van der Waals surface area contributed by atoms with Crippen LogP contribution in [0.5, 0.6) is 17.2 Å². The molecule has 0 radical (unpaired) electrons. The smallest absolute Gasteiger partial charge is 0.128 e. The molecule has 0 bridgehead atoms. The van der Waals surface area contributed by atoms with Gasteiger partial charge in [0.1, 0.15) is 23.9 Å². The zero-order valence-corrected chi connectivity index (χ0v) is 13.6. The monoisotopic (exact) mass is 311 g/mol. The molecule has 3 rings (SSSR count). The largest absolute Gasteiger partial charge is 0.508 e. The molecule has 23 heavy (non-hydrogen) atoms. The summed E-state index contributed by atoms with van der Waals surface area (Å²) in [5.41, 5.74) is 2.10. The van der Waals surface area contributed by atoms with Crippen molar-refractivity contribution in [1.29, 1.82) is 0 Å². The standard InChI is InChI=1S/C19H21NO3/c1-13(2)20-15(10-14-4-5-16(21)11-19(14)20)12-23-18-8-6-17(22-3)7-9-18/h4-11,13,21H,12H2,1-3H3. The van der Waals surface area contributed by atoms with E-state index in [0.717, 1.165) is 28.1 Å². The minimum absolute atomic E-state index is 0.278. The fourth-order valence-corrected chi connectivity index (χ4v) is 2.82. The molecule has 0 fully saturated rings. The number of hydrogen-bond donors (Lipinski definition) is 1. The predicted octanol–water partition coefficient (Wildman–Crippen LogP) is 4.52. The molecule has 0 unspecified atom stereocenters. The zero-order chi connectivity index (χ0) is 16.4. The van der Waals surface area contributed by atoms with Gasteiger partial charge >= 0.3 is 0 Å². The van der Waals surface area contributed by atoms with Crippen molar-refractivity contribution in [2.24, 2.45) is 0 Å². The number of fused-ring (bicyclic) bond motifs is 1. The van der Waals surface area contributed by atoms with E-state index in [0.29, 0.717) is 6.61 Å². The Bertz CT molecular complexity index is 803. The lowest BCUT2D eigenvalue weighted by Gasteiger charge is -2.15. The molecule has 0 aliphatic heterocycles. The molecule has 120 valence electrons. The number of ether oxygens (including phenoxy) is 2. The molecule has 0 amide bonds. The van der Waals surface area contributed by atoms with Crippen LogP contribution in [0.3, 0.4) is 0 Å². The van der Waals surface area contributed by atoms with Crippen LogP contribution < -0.4 is 9.47 Å². The van der Waals surface area contributed by atoms with Gasteiger partial charge in [-0.3, -0.25) is 0 Å². The lowest BCUT2D eigenvalue weighted by molar-refractivity contribution is 0.292. The summed E-state index contributed by atoms with van der Waals surface area (Å²) in [4.78, 5) is 0. The van der Waals surface area contributed by atoms with Crippen molar-refractivity contribution >= 4 is 10.9 Å². The van der Waals surface area contributed by atoms with Crippen molar-refractivity contribution in [2.75, 3.05) is 7.11 Å². The molecule has 4 nitrogen and oxygen atoms in total. The number of aromatic nitrogens is 1. The van der Waals surface area contributed by atoms with Crippen molar-refractivity contribution in [1.82, 2.24) is 4.57 Å². The highest BCUT2D eigenvalue weighted by Crippen LogP contribution is 2.28. The maximum absolute atomic E-state index is 9.75. The Balaban J connectivity index is 1.88.